The van der Waals surface area contributed by atoms with Crippen LogP contribution in [-0.2, 0) is 26.3 Å². The number of benzene rings is 1. The molecule has 1 amide bonds. The first-order chi connectivity index (χ1) is 17.8. The Hall–Kier alpha value is -2.36. The molecule has 0 aliphatic carbocycles. The molecular weight excluding hydrogens is 524 g/mol. The van der Waals surface area contributed by atoms with Crippen molar-refractivity contribution in [3.63, 3.8) is 0 Å². The fourth-order valence-electron chi connectivity index (χ4n) is 4.17. The number of rotatable bonds is 11. The number of aryl methyl sites for hydroxylation is 1. The Labute approximate surface area is 230 Å². The van der Waals surface area contributed by atoms with E-state index in [-0.39, 0.29) is 28.5 Å². The second-order valence-corrected chi connectivity index (χ2v) is 17.2. The van der Waals surface area contributed by atoms with E-state index < -0.39 is 20.3 Å². The van der Waals surface area contributed by atoms with Gasteiger partial charge in [0.15, 0.2) is 8.32 Å². The number of likely N-dealkylation sites (tertiary alicyclic amines) is 1. The second-order valence-electron chi connectivity index (χ2n) is 11.2. The monoisotopic (exact) mass is 563 g/mol. The summed E-state index contributed by atoms with van der Waals surface area (Å²) in [7, 11) is -1.18. The van der Waals surface area contributed by atoms with E-state index in [0.29, 0.717) is 37.1 Å². The molecule has 38 heavy (non-hydrogen) atoms. The fourth-order valence-corrected chi connectivity index (χ4v) is 6.36. The molecule has 208 valence electrons. The molecule has 1 unspecified atom stereocenters. The fraction of sp³-hybridized carbons (Fsp3) is 0.517. The summed E-state index contributed by atoms with van der Waals surface area (Å²) in [6.07, 6.45) is 4.18. The Kier molecular flexibility index (Phi) is 9.70. The van der Waals surface area contributed by atoms with Crippen LogP contribution >= 0.6 is 11.3 Å². The van der Waals surface area contributed by atoms with Gasteiger partial charge < -0.3 is 14.1 Å². The van der Waals surface area contributed by atoms with E-state index in [0.717, 1.165) is 4.88 Å². The summed E-state index contributed by atoms with van der Waals surface area (Å²) in [4.78, 5) is 27.7. The molecule has 1 aliphatic heterocycles. The smallest absolute Gasteiger partial charge is 0.348 e. The van der Waals surface area contributed by atoms with Gasteiger partial charge in [-0.15, -0.1) is 11.3 Å². The first-order valence-corrected chi connectivity index (χ1v) is 16.7. The molecule has 0 radical (unpaired) electrons. The molecule has 2 aromatic rings. The van der Waals surface area contributed by atoms with E-state index in [2.05, 4.69) is 0 Å². The summed E-state index contributed by atoms with van der Waals surface area (Å²) in [5.41, 5.74) is -0.0880. The third kappa shape index (κ3) is 7.18. The van der Waals surface area contributed by atoms with Crippen molar-refractivity contribution in [1.29, 1.82) is 0 Å². The maximum atomic E-state index is 15.8. The van der Waals surface area contributed by atoms with Gasteiger partial charge in [0.2, 0.25) is 5.91 Å². The average Bonchev–Trinajstić information content (AvgIpc) is 3.48. The van der Waals surface area contributed by atoms with Crippen molar-refractivity contribution >= 4 is 31.5 Å². The molecule has 2 atom stereocenters. The Balaban J connectivity index is 1.75. The average molecular weight is 564 g/mol. The van der Waals surface area contributed by atoms with Crippen molar-refractivity contribution in [3.8, 4) is 0 Å². The molecule has 1 aromatic carbocycles. The van der Waals surface area contributed by atoms with Crippen molar-refractivity contribution in [2.45, 2.75) is 82.7 Å². The molecule has 1 fully saturated rings. The van der Waals surface area contributed by atoms with Crippen molar-refractivity contribution in [2.24, 2.45) is 0 Å². The largest absolute Gasteiger partial charge is 0.465 e. The highest BCUT2D eigenvalue weighted by atomic mass is 32.1. The Morgan fingerprint density at radius 1 is 1.18 bits per heavy atom. The third-order valence-electron chi connectivity index (χ3n) is 7.50. The van der Waals surface area contributed by atoms with Crippen LogP contribution in [0.2, 0.25) is 18.1 Å². The number of esters is 1. The summed E-state index contributed by atoms with van der Waals surface area (Å²) >= 11 is 1.38. The molecule has 2 heterocycles. The van der Waals surface area contributed by atoms with Crippen LogP contribution in [0.25, 0.3) is 0 Å². The van der Waals surface area contributed by atoms with Gasteiger partial charge in [0.1, 0.15) is 11.0 Å². The van der Waals surface area contributed by atoms with Gasteiger partial charge >= 0.3 is 11.9 Å². The number of carbonyl (C=O) groups excluding carboxylic acids is 2. The number of hydrogen-bond acceptors (Lipinski definition) is 5. The normalized spacial score (nSPS) is 17.8. The molecule has 0 bridgehead atoms. The molecule has 0 N–H and O–H groups in total. The number of hydrogen-bond donors (Lipinski definition) is 0. The maximum absolute atomic E-state index is 15.8. The number of alkyl halides is 2. The van der Waals surface area contributed by atoms with Gasteiger partial charge in [-0.2, -0.15) is 8.78 Å². The molecule has 0 spiro atoms. The van der Waals surface area contributed by atoms with Gasteiger partial charge in [-0.3, -0.25) is 4.79 Å². The lowest BCUT2D eigenvalue weighted by molar-refractivity contribution is -0.128. The van der Waals surface area contributed by atoms with E-state index in [1.807, 2.05) is 39.9 Å². The van der Waals surface area contributed by atoms with Crippen LogP contribution in [0, 0.1) is 0 Å². The van der Waals surface area contributed by atoms with Crippen LogP contribution < -0.4 is 0 Å². The van der Waals surface area contributed by atoms with Gasteiger partial charge in [-0.25, -0.2) is 4.79 Å². The van der Waals surface area contributed by atoms with Crippen molar-refractivity contribution in [3.05, 3.63) is 69.9 Å². The number of ether oxygens (including phenoxy) is 1. The van der Waals surface area contributed by atoms with Crippen molar-refractivity contribution in [2.75, 3.05) is 13.7 Å². The highest BCUT2D eigenvalue weighted by molar-refractivity contribution is 7.13. The third-order valence-corrected chi connectivity index (χ3v) is 13.1. The van der Waals surface area contributed by atoms with E-state index in [1.54, 1.807) is 35.2 Å². The van der Waals surface area contributed by atoms with Crippen LogP contribution in [0.5, 0.6) is 0 Å². The van der Waals surface area contributed by atoms with Crippen LogP contribution in [0.4, 0.5) is 8.78 Å². The molecule has 9 heteroatoms. The summed E-state index contributed by atoms with van der Waals surface area (Å²) < 4.78 is 42.6. The zero-order chi connectivity index (χ0) is 28.1. The van der Waals surface area contributed by atoms with E-state index in [9.17, 15) is 9.59 Å². The van der Waals surface area contributed by atoms with Crippen LogP contribution in [0.1, 0.15) is 60.1 Å². The first kappa shape index (κ1) is 30.2. The van der Waals surface area contributed by atoms with Gasteiger partial charge in [0.05, 0.1) is 13.2 Å². The van der Waals surface area contributed by atoms with Crippen LogP contribution in [0.3, 0.4) is 0 Å². The van der Waals surface area contributed by atoms with Gasteiger partial charge in [0.25, 0.3) is 0 Å². The van der Waals surface area contributed by atoms with Crippen molar-refractivity contribution in [1.82, 2.24) is 4.90 Å². The quantitative estimate of drug-likeness (QED) is 0.165. The Morgan fingerprint density at radius 2 is 1.87 bits per heavy atom. The van der Waals surface area contributed by atoms with Gasteiger partial charge in [-0.1, -0.05) is 63.3 Å². The topological polar surface area (TPSA) is 55.8 Å². The number of nitrogens with zero attached hydrogens (tertiary/aromatic N) is 1. The number of thiophene rings is 1. The predicted molar refractivity (Wildman–Crippen MR) is 150 cm³/mol. The summed E-state index contributed by atoms with van der Waals surface area (Å²) in [5.74, 6) is -3.56. The summed E-state index contributed by atoms with van der Waals surface area (Å²) in [6.45, 7) is 10.5. The zero-order valence-electron chi connectivity index (χ0n) is 23.1. The highest BCUT2D eigenvalue weighted by Gasteiger charge is 2.47. The van der Waals surface area contributed by atoms with Gasteiger partial charge in [0, 0.05) is 23.4 Å². The zero-order valence-corrected chi connectivity index (χ0v) is 24.9. The van der Waals surface area contributed by atoms with Crippen molar-refractivity contribution < 1.29 is 27.5 Å². The number of amides is 1. The summed E-state index contributed by atoms with van der Waals surface area (Å²) in [6, 6.07) is 11.2. The van der Waals surface area contributed by atoms with E-state index in [4.69, 9.17) is 9.16 Å². The van der Waals surface area contributed by atoms with E-state index >= 15 is 8.78 Å². The summed E-state index contributed by atoms with van der Waals surface area (Å²) in [5, 5.41) is -0.239. The molecule has 1 aliphatic rings. The second kappa shape index (κ2) is 12.2. The molecular formula is C29H39F2NO4SSi. The van der Waals surface area contributed by atoms with Crippen LogP contribution in [0.15, 0.2) is 54.6 Å². The number of halogens is 2. The van der Waals surface area contributed by atoms with Gasteiger partial charge in [-0.05, 0) is 49.5 Å². The molecule has 3 rings (SSSR count). The minimum absolute atomic E-state index is 0.0257. The van der Waals surface area contributed by atoms with E-state index in [1.165, 1.54) is 36.7 Å². The minimum Gasteiger partial charge on any atom is -0.465 e. The molecule has 1 saturated heterocycles. The molecule has 5 nitrogen and oxygen atoms in total. The number of carbonyl (C=O) groups is 2. The molecule has 1 aromatic heterocycles. The first-order valence-electron chi connectivity index (χ1n) is 13.0. The lowest BCUT2D eigenvalue weighted by atomic mass is 10.0. The standard InChI is InChI=1S/C29H39F2NO4SSi/c1-28(2,3)38(5,6)36-25(29(30,31)21-11-8-7-9-12-21)18-14-22-15-19-26(33)32(22)20-10-13-23-16-17-24(37-23)27(34)35-4/h7-9,11-12,14,16-18,22,25H,10,13,15,19-20H2,1-6H3/t22-,25?/m0/s1. The predicted octanol–water partition coefficient (Wildman–Crippen LogP) is 7.20. The van der Waals surface area contributed by atoms with Crippen LogP contribution in [-0.4, -0.2) is 50.9 Å². The SMILES string of the molecule is COC(=O)c1ccc(CCCN2C(=O)CC[C@@H]2C=CC(O[Si](C)(C)C(C)(C)C)C(F)(F)c2ccccc2)s1. The Bertz CT molecular complexity index is 1130. The maximum Gasteiger partial charge on any atom is 0.348 e. The lowest BCUT2D eigenvalue weighted by Gasteiger charge is -2.40. The lowest BCUT2D eigenvalue weighted by Crippen LogP contribution is -2.48. The minimum atomic E-state index is -3.22. The number of methoxy groups -OCH3 is 1. The highest BCUT2D eigenvalue weighted by Crippen LogP contribution is 2.42. The Morgan fingerprint density at radius 3 is 2.50 bits per heavy atom. The molecule has 0 saturated carbocycles.